The van der Waals surface area contributed by atoms with Gasteiger partial charge in [-0.05, 0) is 42.4 Å². The summed E-state index contributed by atoms with van der Waals surface area (Å²) in [6.07, 6.45) is 6.14. The minimum absolute atomic E-state index is 0.723. The Bertz CT molecular complexity index is 311. The third-order valence-electron chi connectivity index (χ3n) is 3.29. The van der Waals surface area contributed by atoms with Crippen molar-refractivity contribution in [2.24, 2.45) is 0 Å². The van der Waals surface area contributed by atoms with E-state index in [2.05, 4.69) is 39.0 Å². The minimum atomic E-state index is 0.723. The molecular formula is C15H25N. The second-order valence-electron chi connectivity index (χ2n) is 4.59. The van der Waals surface area contributed by atoms with Crippen LogP contribution in [0.2, 0.25) is 0 Å². The number of nitrogens with two attached hydrogens (primary N) is 1. The molecule has 0 radical (unpaired) electrons. The summed E-state index contributed by atoms with van der Waals surface area (Å²) >= 11 is 0. The molecule has 1 nitrogen and oxygen atoms in total. The molecule has 0 heterocycles. The fourth-order valence-electron chi connectivity index (χ4n) is 2.36. The van der Waals surface area contributed by atoms with Crippen LogP contribution >= 0.6 is 0 Å². The monoisotopic (exact) mass is 219 g/mol. The second kappa shape index (κ2) is 6.57. The van der Waals surface area contributed by atoms with Crippen LogP contribution in [0.15, 0.2) is 18.2 Å². The fraction of sp³-hybridized carbons (Fsp3) is 0.600. The number of anilines is 1. The molecule has 0 aliphatic heterocycles. The molecule has 0 bridgehead atoms. The molecule has 0 amide bonds. The zero-order chi connectivity index (χ0) is 12.0. The van der Waals surface area contributed by atoms with E-state index in [-0.39, 0.29) is 0 Å². The Labute approximate surface area is 100 Å². The third-order valence-corrected chi connectivity index (χ3v) is 3.29. The molecule has 1 aromatic carbocycles. The largest absolute Gasteiger partial charge is 0.399 e. The van der Waals surface area contributed by atoms with Gasteiger partial charge in [0.05, 0.1) is 0 Å². The number of aryl methyl sites for hydroxylation is 1. The van der Waals surface area contributed by atoms with E-state index in [4.69, 9.17) is 5.73 Å². The van der Waals surface area contributed by atoms with Gasteiger partial charge in [0.15, 0.2) is 0 Å². The lowest BCUT2D eigenvalue weighted by Crippen LogP contribution is -2.01. The summed E-state index contributed by atoms with van der Waals surface area (Å²) in [7, 11) is 0. The summed E-state index contributed by atoms with van der Waals surface area (Å²) in [4.78, 5) is 0. The molecule has 0 aliphatic carbocycles. The lowest BCUT2D eigenvalue weighted by molar-refractivity contribution is 0.560. The Kier molecular flexibility index (Phi) is 5.37. The van der Waals surface area contributed by atoms with Crippen molar-refractivity contribution in [1.82, 2.24) is 0 Å². The minimum Gasteiger partial charge on any atom is -0.399 e. The lowest BCUT2D eigenvalue weighted by Gasteiger charge is -2.17. The van der Waals surface area contributed by atoms with Crippen LogP contribution < -0.4 is 5.73 Å². The standard InChI is InChI=1S/C15H25N/c1-4-7-13(8-5-2)14-9-10-15(16)12(6-3)11-14/h9-11,13H,4-8,16H2,1-3H3. The van der Waals surface area contributed by atoms with Crippen molar-refractivity contribution in [3.05, 3.63) is 29.3 Å². The van der Waals surface area contributed by atoms with E-state index in [1.165, 1.54) is 36.8 Å². The van der Waals surface area contributed by atoms with Crippen LogP contribution in [0.4, 0.5) is 5.69 Å². The maximum Gasteiger partial charge on any atom is 0.0346 e. The lowest BCUT2D eigenvalue weighted by atomic mass is 9.89. The number of hydrogen-bond donors (Lipinski definition) is 1. The zero-order valence-corrected chi connectivity index (χ0v) is 10.9. The molecular weight excluding hydrogens is 194 g/mol. The van der Waals surface area contributed by atoms with Crippen LogP contribution in [-0.2, 0) is 6.42 Å². The van der Waals surface area contributed by atoms with Crippen LogP contribution in [0.1, 0.15) is 63.5 Å². The molecule has 1 rings (SSSR count). The van der Waals surface area contributed by atoms with Crippen molar-refractivity contribution in [2.45, 2.75) is 58.8 Å². The first-order valence-corrected chi connectivity index (χ1v) is 6.61. The van der Waals surface area contributed by atoms with E-state index in [0.717, 1.165) is 18.0 Å². The van der Waals surface area contributed by atoms with Crippen molar-refractivity contribution in [3.8, 4) is 0 Å². The molecule has 0 aromatic heterocycles. The summed E-state index contributed by atoms with van der Waals surface area (Å²) in [5, 5.41) is 0. The quantitative estimate of drug-likeness (QED) is 0.700. The van der Waals surface area contributed by atoms with Crippen molar-refractivity contribution in [1.29, 1.82) is 0 Å². The van der Waals surface area contributed by atoms with Crippen molar-refractivity contribution in [2.75, 3.05) is 5.73 Å². The Morgan fingerprint density at radius 3 is 2.19 bits per heavy atom. The smallest absolute Gasteiger partial charge is 0.0346 e. The maximum absolute atomic E-state index is 5.95. The Hall–Kier alpha value is -0.980. The van der Waals surface area contributed by atoms with Crippen molar-refractivity contribution >= 4 is 5.69 Å². The van der Waals surface area contributed by atoms with Gasteiger partial charge in [0.25, 0.3) is 0 Å². The molecule has 0 aliphatic rings. The van der Waals surface area contributed by atoms with E-state index in [0.29, 0.717) is 0 Å². The molecule has 1 heteroatoms. The second-order valence-corrected chi connectivity index (χ2v) is 4.59. The Morgan fingerprint density at radius 1 is 1.06 bits per heavy atom. The molecule has 0 fully saturated rings. The van der Waals surface area contributed by atoms with Gasteiger partial charge < -0.3 is 5.73 Å². The molecule has 0 unspecified atom stereocenters. The first kappa shape index (κ1) is 13.1. The summed E-state index contributed by atoms with van der Waals surface area (Å²) < 4.78 is 0. The molecule has 0 saturated heterocycles. The Morgan fingerprint density at radius 2 is 1.69 bits per heavy atom. The van der Waals surface area contributed by atoms with Crippen molar-refractivity contribution in [3.63, 3.8) is 0 Å². The van der Waals surface area contributed by atoms with Gasteiger partial charge in [0.2, 0.25) is 0 Å². The van der Waals surface area contributed by atoms with Crippen LogP contribution in [0.3, 0.4) is 0 Å². The van der Waals surface area contributed by atoms with E-state index in [1.807, 2.05) is 0 Å². The van der Waals surface area contributed by atoms with Crippen LogP contribution in [0.5, 0.6) is 0 Å². The predicted octanol–water partition coefficient (Wildman–Crippen LogP) is 4.52. The average molecular weight is 219 g/mol. The van der Waals surface area contributed by atoms with Gasteiger partial charge in [-0.1, -0.05) is 45.7 Å². The van der Waals surface area contributed by atoms with Gasteiger partial charge in [-0.2, -0.15) is 0 Å². The fourth-order valence-corrected chi connectivity index (χ4v) is 2.36. The summed E-state index contributed by atoms with van der Waals surface area (Å²) in [5.41, 5.74) is 9.67. The highest BCUT2D eigenvalue weighted by Crippen LogP contribution is 2.28. The normalized spacial score (nSPS) is 11.0. The average Bonchev–Trinajstić information content (AvgIpc) is 2.29. The first-order valence-electron chi connectivity index (χ1n) is 6.61. The van der Waals surface area contributed by atoms with Gasteiger partial charge in [0.1, 0.15) is 0 Å². The van der Waals surface area contributed by atoms with Crippen molar-refractivity contribution < 1.29 is 0 Å². The van der Waals surface area contributed by atoms with Crippen LogP contribution in [0.25, 0.3) is 0 Å². The summed E-state index contributed by atoms with van der Waals surface area (Å²) in [6.45, 7) is 6.70. The van der Waals surface area contributed by atoms with E-state index in [1.54, 1.807) is 0 Å². The molecule has 1 aromatic rings. The van der Waals surface area contributed by atoms with Gasteiger partial charge >= 0.3 is 0 Å². The molecule has 0 saturated carbocycles. The highest BCUT2D eigenvalue weighted by Gasteiger charge is 2.10. The Balaban J connectivity index is 2.90. The van der Waals surface area contributed by atoms with Gasteiger partial charge in [-0.3, -0.25) is 0 Å². The van der Waals surface area contributed by atoms with Gasteiger partial charge in [-0.25, -0.2) is 0 Å². The third kappa shape index (κ3) is 3.26. The van der Waals surface area contributed by atoms with Gasteiger partial charge in [-0.15, -0.1) is 0 Å². The molecule has 90 valence electrons. The van der Waals surface area contributed by atoms with Crippen LogP contribution in [0, 0.1) is 0 Å². The molecule has 0 spiro atoms. The van der Waals surface area contributed by atoms with E-state index in [9.17, 15) is 0 Å². The zero-order valence-electron chi connectivity index (χ0n) is 10.9. The number of hydrogen-bond acceptors (Lipinski definition) is 1. The summed E-state index contributed by atoms with van der Waals surface area (Å²) in [5.74, 6) is 0.723. The first-order chi connectivity index (χ1) is 7.72. The number of benzene rings is 1. The highest BCUT2D eigenvalue weighted by atomic mass is 14.6. The molecule has 16 heavy (non-hydrogen) atoms. The highest BCUT2D eigenvalue weighted by molar-refractivity contribution is 5.49. The van der Waals surface area contributed by atoms with Crippen LogP contribution in [-0.4, -0.2) is 0 Å². The van der Waals surface area contributed by atoms with E-state index >= 15 is 0 Å². The number of rotatable bonds is 6. The summed E-state index contributed by atoms with van der Waals surface area (Å²) in [6, 6.07) is 6.60. The van der Waals surface area contributed by atoms with E-state index < -0.39 is 0 Å². The number of nitrogen functional groups attached to an aromatic ring is 1. The predicted molar refractivity (Wildman–Crippen MR) is 72.8 cm³/mol. The molecule has 2 N–H and O–H groups in total. The maximum atomic E-state index is 5.95. The van der Waals surface area contributed by atoms with Gasteiger partial charge in [0, 0.05) is 5.69 Å². The topological polar surface area (TPSA) is 26.0 Å². The SMILES string of the molecule is CCCC(CCC)c1ccc(N)c(CC)c1. The molecule has 0 atom stereocenters.